The summed E-state index contributed by atoms with van der Waals surface area (Å²) in [6, 6.07) is 22.5. The molecule has 31 heavy (non-hydrogen) atoms. The van der Waals surface area contributed by atoms with E-state index in [0.29, 0.717) is 22.0 Å². The molecule has 0 radical (unpaired) electrons. The van der Waals surface area contributed by atoms with Crippen LogP contribution >= 0.6 is 0 Å². The summed E-state index contributed by atoms with van der Waals surface area (Å²) in [5.41, 5.74) is 3.30. The molecule has 3 aromatic carbocycles. The van der Waals surface area contributed by atoms with E-state index in [4.69, 9.17) is 4.74 Å². The van der Waals surface area contributed by atoms with Crippen LogP contribution in [0.25, 0.3) is 10.9 Å². The maximum Gasteiger partial charge on any atom is 0.340 e. The summed E-state index contributed by atoms with van der Waals surface area (Å²) < 4.78 is 5.73. The van der Waals surface area contributed by atoms with Gasteiger partial charge in [0.25, 0.3) is 0 Å². The standard InChI is InChI=1S/C26H21NO4/c1-16-12-13-19(14-17(16)2)24(29)25(18-8-4-3-5-9-18)31-26(30)21-15-23(28)27-22-11-7-6-10-20(21)22/h3-15,25H,1-2H3,(H,27,28). The van der Waals surface area contributed by atoms with Gasteiger partial charge in [-0.25, -0.2) is 4.79 Å². The van der Waals surface area contributed by atoms with Crippen molar-refractivity contribution in [2.24, 2.45) is 0 Å². The number of aromatic nitrogens is 1. The van der Waals surface area contributed by atoms with Crippen molar-refractivity contribution >= 4 is 22.7 Å². The van der Waals surface area contributed by atoms with Crippen molar-refractivity contribution in [2.45, 2.75) is 20.0 Å². The van der Waals surface area contributed by atoms with Crippen LogP contribution < -0.4 is 5.56 Å². The number of H-pyrrole nitrogens is 1. The van der Waals surface area contributed by atoms with E-state index in [1.54, 1.807) is 60.7 Å². The summed E-state index contributed by atoms with van der Waals surface area (Å²) in [6.45, 7) is 3.90. The lowest BCUT2D eigenvalue weighted by Crippen LogP contribution is -2.22. The van der Waals surface area contributed by atoms with Crippen molar-refractivity contribution in [3.8, 4) is 0 Å². The Balaban J connectivity index is 1.75. The number of fused-ring (bicyclic) bond motifs is 1. The molecule has 4 aromatic rings. The first-order chi connectivity index (χ1) is 14.9. The number of nitrogens with one attached hydrogen (secondary N) is 1. The van der Waals surface area contributed by atoms with Gasteiger partial charge in [-0.1, -0.05) is 60.7 Å². The number of benzene rings is 3. The molecule has 0 bridgehead atoms. The van der Waals surface area contributed by atoms with Crippen LogP contribution in [0.1, 0.15) is 43.5 Å². The first-order valence-electron chi connectivity index (χ1n) is 9.93. The third-order valence-corrected chi connectivity index (χ3v) is 5.33. The Hall–Kier alpha value is -3.99. The molecule has 1 aromatic heterocycles. The average molecular weight is 411 g/mol. The zero-order valence-electron chi connectivity index (χ0n) is 17.2. The number of aryl methyl sites for hydroxylation is 2. The highest BCUT2D eigenvalue weighted by atomic mass is 16.5. The maximum absolute atomic E-state index is 13.4. The number of ketones is 1. The van der Waals surface area contributed by atoms with Crippen molar-refractivity contribution in [2.75, 3.05) is 0 Å². The summed E-state index contributed by atoms with van der Waals surface area (Å²) in [7, 11) is 0. The van der Waals surface area contributed by atoms with Crippen LogP contribution in [-0.2, 0) is 4.74 Å². The molecule has 0 amide bonds. The number of esters is 1. The molecule has 0 spiro atoms. The molecule has 154 valence electrons. The first-order valence-corrected chi connectivity index (χ1v) is 9.93. The Morgan fingerprint density at radius 2 is 1.55 bits per heavy atom. The van der Waals surface area contributed by atoms with Crippen LogP contribution in [0.3, 0.4) is 0 Å². The van der Waals surface area contributed by atoms with Crippen molar-refractivity contribution in [1.82, 2.24) is 4.98 Å². The second-order valence-electron chi connectivity index (χ2n) is 7.45. The van der Waals surface area contributed by atoms with Gasteiger partial charge in [0.05, 0.1) is 5.56 Å². The van der Waals surface area contributed by atoms with Gasteiger partial charge in [0.1, 0.15) is 0 Å². The molecule has 0 fully saturated rings. The number of Topliss-reactive ketones (excluding diaryl/α,β-unsaturated/α-hetero) is 1. The molecule has 0 aliphatic rings. The third-order valence-electron chi connectivity index (χ3n) is 5.33. The number of rotatable bonds is 5. The predicted octanol–water partition coefficient (Wildman–Crippen LogP) is 4.93. The van der Waals surface area contributed by atoms with Gasteiger partial charge in [0.2, 0.25) is 11.3 Å². The summed E-state index contributed by atoms with van der Waals surface area (Å²) in [4.78, 5) is 41.2. The second kappa shape index (κ2) is 8.40. The Morgan fingerprint density at radius 1 is 0.839 bits per heavy atom. The molecule has 0 aliphatic heterocycles. The Morgan fingerprint density at radius 3 is 2.29 bits per heavy atom. The number of hydrogen-bond donors (Lipinski definition) is 1. The summed E-state index contributed by atoms with van der Waals surface area (Å²) in [5.74, 6) is -1.05. The Labute approximate surface area is 179 Å². The quantitative estimate of drug-likeness (QED) is 0.373. The van der Waals surface area contributed by atoms with Gasteiger partial charge in [-0.2, -0.15) is 0 Å². The lowest BCUT2D eigenvalue weighted by atomic mass is 9.97. The minimum Gasteiger partial charge on any atom is -0.445 e. The number of carbonyl (C=O) groups excluding carboxylic acids is 2. The third kappa shape index (κ3) is 4.16. The van der Waals surface area contributed by atoms with E-state index in [1.807, 2.05) is 26.0 Å². The van der Waals surface area contributed by atoms with Crippen molar-refractivity contribution in [3.05, 3.63) is 117 Å². The highest BCUT2D eigenvalue weighted by Crippen LogP contribution is 2.26. The van der Waals surface area contributed by atoms with Crippen LogP contribution in [0, 0.1) is 13.8 Å². The van der Waals surface area contributed by atoms with Crippen LogP contribution in [-0.4, -0.2) is 16.7 Å². The first kappa shape index (κ1) is 20.3. The molecular weight excluding hydrogens is 390 g/mol. The molecule has 1 heterocycles. The summed E-state index contributed by atoms with van der Waals surface area (Å²) in [5, 5.41) is 0.553. The van der Waals surface area contributed by atoms with Crippen LogP contribution in [0.15, 0.2) is 83.7 Å². The van der Waals surface area contributed by atoms with E-state index >= 15 is 0 Å². The zero-order valence-corrected chi connectivity index (χ0v) is 17.2. The highest BCUT2D eigenvalue weighted by Gasteiger charge is 2.28. The highest BCUT2D eigenvalue weighted by molar-refractivity contribution is 6.06. The number of para-hydroxylation sites is 1. The van der Waals surface area contributed by atoms with Crippen LogP contribution in [0.5, 0.6) is 0 Å². The molecule has 1 N–H and O–H groups in total. The molecule has 1 atom stereocenters. The SMILES string of the molecule is Cc1ccc(C(=O)C(OC(=O)c2cc(=O)[nH]c3ccccc23)c2ccccc2)cc1C. The van der Waals surface area contributed by atoms with Gasteiger partial charge in [0, 0.05) is 28.1 Å². The summed E-state index contributed by atoms with van der Waals surface area (Å²) in [6.07, 6.45) is -1.13. The predicted molar refractivity (Wildman–Crippen MR) is 119 cm³/mol. The molecule has 4 rings (SSSR count). The molecule has 5 heteroatoms. The Bertz CT molecular complexity index is 1340. The van der Waals surface area contributed by atoms with E-state index in [0.717, 1.165) is 11.1 Å². The minimum absolute atomic E-state index is 0.119. The topological polar surface area (TPSA) is 76.2 Å². The molecule has 0 saturated carbocycles. The van der Waals surface area contributed by atoms with E-state index in [2.05, 4.69) is 4.98 Å². The largest absolute Gasteiger partial charge is 0.445 e. The van der Waals surface area contributed by atoms with Crippen molar-refractivity contribution in [1.29, 1.82) is 0 Å². The van der Waals surface area contributed by atoms with Gasteiger partial charge in [-0.05, 0) is 37.1 Å². The lowest BCUT2D eigenvalue weighted by Gasteiger charge is -2.18. The van der Waals surface area contributed by atoms with E-state index in [1.165, 1.54) is 6.07 Å². The number of pyridine rings is 1. The zero-order chi connectivity index (χ0) is 22.0. The Kier molecular flexibility index (Phi) is 5.50. The second-order valence-corrected chi connectivity index (χ2v) is 7.45. The minimum atomic E-state index is -1.13. The molecule has 1 unspecified atom stereocenters. The number of ether oxygens (including phenoxy) is 1. The fraction of sp³-hybridized carbons (Fsp3) is 0.115. The van der Waals surface area contributed by atoms with Gasteiger partial charge < -0.3 is 9.72 Å². The molecular formula is C26H21NO4. The van der Waals surface area contributed by atoms with Gasteiger partial charge in [0.15, 0.2) is 6.10 Å². The number of hydrogen-bond acceptors (Lipinski definition) is 4. The van der Waals surface area contributed by atoms with E-state index in [-0.39, 0.29) is 11.3 Å². The van der Waals surface area contributed by atoms with Crippen LogP contribution in [0.2, 0.25) is 0 Å². The monoisotopic (exact) mass is 411 g/mol. The fourth-order valence-corrected chi connectivity index (χ4v) is 3.49. The van der Waals surface area contributed by atoms with Gasteiger partial charge in [-0.3, -0.25) is 9.59 Å². The molecule has 5 nitrogen and oxygen atoms in total. The van der Waals surface area contributed by atoms with E-state index < -0.39 is 17.6 Å². The summed E-state index contributed by atoms with van der Waals surface area (Å²) >= 11 is 0. The number of carbonyl (C=O) groups is 2. The molecule has 0 saturated heterocycles. The fourth-order valence-electron chi connectivity index (χ4n) is 3.49. The van der Waals surface area contributed by atoms with Gasteiger partial charge in [-0.15, -0.1) is 0 Å². The maximum atomic E-state index is 13.4. The van der Waals surface area contributed by atoms with E-state index in [9.17, 15) is 14.4 Å². The lowest BCUT2D eigenvalue weighted by molar-refractivity contribution is 0.0282. The van der Waals surface area contributed by atoms with Gasteiger partial charge >= 0.3 is 5.97 Å². The van der Waals surface area contributed by atoms with Crippen molar-refractivity contribution < 1.29 is 14.3 Å². The molecule has 0 aliphatic carbocycles. The average Bonchev–Trinajstić information content (AvgIpc) is 2.78. The van der Waals surface area contributed by atoms with Crippen molar-refractivity contribution in [3.63, 3.8) is 0 Å². The normalized spacial score (nSPS) is 11.8. The smallest absolute Gasteiger partial charge is 0.340 e. The number of aromatic amines is 1. The van der Waals surface area contributed by atoms with Crippen LogP contribution in [0.4, 0.5) is 0 Å².